The molecule has 0 aliphatic carbocycles. The van der Waals surface area contributed by atoms with Crippen LogP contribution >= 0.6 is 0 Å². The van der Waals surface area contributed by atoms with Crippen LogP contribution in [-0.4, -0.2) is 26.8 Å². The minimum Gasteiger partial charge on any atom is -0.329 e. The first-order valence-electron chi connectivity index (χ1n) is 4.61. The summed E-state index contributed by atoms with van der Waals surface area (Å²) in [5.41, 5.74) is 5.39. The van der Waals surface area contributed by atoms with Crippen molar-refractivity contribution in [2.45, 2.75) is 33.2 Å². The van der Waals surface area contributed by atoms with E-state index in [0.717, 1.165) is 6.42 Å². The van der Waals surface area contributed by atoms with Crippen molar-refractivity contribution in [3.63, 3.8) is 0 Å². The molecule has 0 bridgehead atoms. The third kappa shape index (κ3) is 6.01. The van der Waals surface area contributed by atoms with Gasteiger partial charge >= 0.3 is 0 Å². The first-order chi connectivity index (χ1) is 5.91. The van der Waals surface area contributed by atoms with Crippen LogP contribution in [0, 0.1) is 5.92 Å². The van der Waals surface area contributed by atoms with Crippen LogP contribution in [0.4, 0.5) is 0 Å². The lowest BCUT2D eigenvalue weighted by molar-refractivity contribution is 0.533. The largest absolute Gasteiger partial charge is 0.329 e. The second-order valence-corrected chi connectivity index (χ2v) is 5.43. The van der Waals surface area contributed by atoms with E-state index in [9.17, 15) is 8.42 Å². The zero-order chi connectivity index (χ0) is 10.5. The van der Waals surface area contributed by atoms with E-state index in [-0.39, 0.29) is 17.7 Å². The summed E-state index contributed by atoms with van der Waals surface area (Å²) in [4.78, 5) is 0. The highest BCUT2D eigenvalue weighted by Crippen LogP contribution is 2.00. The Morgan fingerprint density at radius 2 is 1.92 bits per heavy atom. The van der Waals surface area contributed by atoms with Gasteiger partial charge in [-0.2, -0.15) is 0 Å². The molecule has 0 aromatic heterocycles. The van der Waals surface area contributed by atoms with Crippen LogP contribution in [0.5, 0.6) is 0 Å². The zero-order valence-corrected chi connectivity index (χ0v) is 9.39. The molecule has 0 fully saturated rings. The van der Waals surface area contributed by atoms with Gasteiger partial charge in [0.25, 0.3) is 0 Å². The molecule has 1 unspecified atom stereocenters. The number of hydrogen-bond acceptors (Lipinski definition) is 3. The summed E-state index contributed by atoms with van der Waals surface area (Å²) in [6.07, 6.45) is 0.730. The maximum absolute atomic E-state index is 11.4. The molecular weight excluding hydrogens is 188 g/mol. The molecule has 3 N–H and O–H groups in total. The molecule has 0 rings (SSSR count). The van der Waals surface area contributed by atoms with Crippen LogP contribution in [0.15, 0.2) is 0 Å². The fourth-order valence-corrected chi connectivity index (χ4v) is 2.78. The summed E-state index contributed by atoms with van der Waals surface area (Å²) < 4.78 is 25.4. The molecule has 0 saturated heterocycles. The van der Waals surface area contributed by atoms with Gasteiger partial charge in [0.2, 0.25) is 10.0 Å². The maximum atomic E-state index is 11.4. The van der Waals surface area contributed by atoms with E-state index in [0.29, 0.717) is 6.54 Å². The molecule has 13 heavy (non-hydrogen) atoms. The van der Waals surface area contributed by atoms with Gasteiger partial charge in [0.1, 0.15) is 0 Å². The Hall–Kier alpha value is -0.130. The van der Waals surface area contributed by atoms with Crippen LogP contribution in [0.25, 0.3) is 0 Å². The van der Waals surface area contributed by atoms with Crippen molar-refractivity contribution in [1.82, 2.24) is 4.72 Å². The Labute approximate surface area is 80.9 Å². The summed E-state index contributed by atoms with van der Waals surface area (Å²) >= 11 is 0. The Bertz CT molecular complexity index is 220. The maximum Gasteiger partial charge on any atom is 0.212 e. The molecule has 0 heterocycles. The molecule has 0 aromatic carbocycles. The van der Waals surface area contributed by atoms with E-state index in [2.05, 4.69) is 4.72 Å². The summed E-state index contributed by atoms with van der Waals surface area (Å²) in [7, 11) is -3.13. The molecule has 80 valence electrons. The van der Waals surface area contributed by atoms with Crippen LogP contribution in [-0.2, 0) is 10.0 Å². The molecule has 0 aliphatic rings. The lowest BCUT2D eigenvalue weighted by Gasteiger charge is -2.15. The lowest BCUT2D eigenvalue weighted by Crippen LogP contribution is -2.41. The Morgan fingerprint density at radius 3 is 2.23 bits per heavy atom. The van der Waals surface area contributed by atoms with Crippen LogP contribution in [0.1, 0.15) is 27.2 Å². The van der Waals surface area contributed by atoms with E-state index >= 15 is 0 Å². The highest BCUT2D eigenvalue weighted by molar-refractivity contribution is 7.89. The molecule has 0 amide bonds. The van der Waals surface area contributed by atoms with Crippen molar-refractivity contribution >= 4 is 10.0 Å². The molecular formula is C8H20N2O2S. The van der Waals surface area contributed by atoms with Crippen LogP contribution in [0.2, 0.25) is 0 Å². The van der Waals surface area contributed by atoms with E-state index in [1.807, 2.05) is 20.8 Å². The van der Waals surface area contributed by atoms with Gasteiger partial charge in [0.15, 0.2) is 0 Å². The van der Waals surface area contributed by atoms with E-state index in [4.69, 9.17) is 5.73 Å². The second-order valence-electron chi connectivity index (χ2n) is 3.63. The first-order valence-corrected chi connectivity index (χ1v) is 6.26. The van der Waals surface area contributed by atoms with Gasteiger partial charge in [0, 0.05) is 12.6 Å². The Kier molecular flexibility index (Phi) is 5.51. The Balaban J connectivity index is 4.16. The number of rotatable bonds is 6. The van der Waals surface area contributed by atoms with Gasteiger partial charge in [-0.3, -0.25) is 0 Å². The number of hydrogen-bond donors (Lipinski definition) is 2. The van der Waals surface area contributed by atoms with Crippen molar-refractivity contribution < 1.29 is 8.42 Å². The zero-order valence-electron chi connectivity index (χ0n) is 8.58. The Morgan fingerprint density at radius 1 is 1.38 bits per heavy atom. The van der Waals surface area contributed by atoms with Gasteiger partial charge in [-0.05, 0) is 12.3 Å². The van der Waals surface area contributed by atoms with Crippen LogP contribution < -0.4 is 10.5 Å². The summed E-state index contributed by atoms with van der Waals surface area (Å²) in [5.74, 6) is 0.316. The average molecular weight is 208 g/mol. The highest BCUT2D eigenvalue weighted by atomic mass is 32.2. The lowest BCUT2D eigenvalue weighted by atomic mass is 10.2. The predicted octanol–water partition coefficient (Wildman–Crippen LogP) is 0.299. The average Bonchev–Trinajstić information content (AvgIpc) is 1.97. The molecule has 0 saturated carbocycles. The molecule has 0 spiro atoms. The van der Waals surface area contributed by atoms with E-state index in [1.54, 1.807) is 0 Å². The third-order valence-electron chi connectivity index (χ3n) is 1.68. The van der Waals surface area contributed by atoms with Crippen molar-refractivity contribution in [3.8, 4) is 0 Å². The van der Waals surface area contributed by atoms with Crippen molar-refractivity contribution in [3.05, 3.63) is 0 Å². The molecule has 5 heteroatoms. The standard InChI is InChI=1S/C8H20N2O2S/c1-4-8(5-9)10-13(11,12)6-7(2)3/h7-8,10H,4-6,9H2,1-3H3. The SMILES string of the molecule is CCC(CN)NS(=O)(=O)CC(C)C. The second kappa shape index (κ2) is 5.57. The minimum atomic E-state index is -3.13. The number of sulfonamides is 1. The predicted molar refractivity (Wildman–Crippen MR) is 54.9 cm³/mol. The monoisotopic (exact) mass is 208 g/mol. The number of nitrogens with two attached hydrogens (primary N) is 1. The van der Waals surface area contributed by atoms with Gasteiger partial charge in [-0.25, -0.2) is 13.1 Å². The molecule has 0 aliphatic heterocycles. The number of nitrogens with one attached hydrogen (secondary N) is 1. The van der Waals surface area contributed by atoms with Gasteiger partial charge < -0.3 is 5.73 Å². The van der Waals surface area contributed by atoms with Gasteiger partial charge in [-0.1, -0.05) is 20.8 Å². The third-order valence-corrected chi connectivity index (χ3v) is 3.47. The topological polar surface area (TPSA) is 72.2 Å². The fraction of sp³-hybridized carbons (Fsp3) is 1.00. The normalized spacial score (nSPS) is 14.8. The van der Waals surface area contributed by atoms with E-state index < -0.39 is 10.0 Å². The van der Waals surface area contributed by atoms with Gasteiger partial charge in [-0.15, -0.1) is 0 Å². The van der Waals surface area contributed by atoms with E-state index in [1.165, 1.54) is 0 Å². The molecule has 1 atom stereocenters. The summed E-state index contributed by atoms with van der Waals surface area (Å²) in [6.45, 7) is 6.02. The smallest absolute Gasteiger partial charge is 0.212 e. The van der Waals surface area contributed by atoms with Crippen LogP contribution in [0.3, 0.4) is 0 Å². The molecule has 0 aromatic rings. The quantitative estimate of drug-likeness (QED) is 0.659. The highest BCUT2D eigenvalue weighted by Gasteiger charge is 2.16. The molecule has 0 radical (unpaired) electrons. The van der Waals surface area contributed by atoms with Crippen molar-refractivity contribution in [1.29, 1.82) is 0 Å². The van der Waals surface area contributed by atoms with Gasteiger partial charge in [0.05, 0.1) is 5.75 Å². The first kappa shape index (κ1) is 12.9. The summed E-state index contributed by atoms with van der Waals surface area (Å²) in [5, 5.41) is 0. The van der Waals surface area contributed by atoms with Crippen molar-refractivity contribution in [2.24, 2.45) is 11.7 Å². The van der Waals surface area contributed by atoms with Crippen molar-refractivity contribution in [2.75, 3.05) is 12.3 Å². The summed E-state index contributed by atoms with van der Waals surface area (Å²) in [6, 6.07) is -0.122. The fourth-order valence-electron chi connectivity index (χ4n) is 1.04. The minimum absolute atomic E-state index is 0.122. The molecule has 4 nitrogen and oxygen atoms in total.